The number of piperidine rings is 1. The highest BCUT2D eigenvalue weighted by molar-refractivity contribution is 6.07. The van der Waals surface area contributed by atoms with Crippen molar-refractivity contribution in [1.29, 1.82) is 0 Å². The van der Waals surface area contributed by atoms with Crippen molar-refractivity contribution in [3.8, 4) is 5.75 Å². The summed E-state index contributed by atoms with van der Waals surface area (Å²) in [6.07, 6.45) is 1.78. The Morgan fingerprint density at radius 1 is 1.04 bits per heavy atom. The summed E-state index contributed by atoms with van der Waals surface area (Å²) in [4.78, 5) is 17.3. The Morgan fingerprint density at radius 2 is 1.72 bits per heavy atom. The molecule has 0 bridgehead atoms. The molecule has 2 aromatic carbocycles. The number of nitrogens with zero attached hydrogens (tertiary/aromatic N) is 2. The summed E-state index contributed by atoms with van der Waals surface area (Å²) in [7, 11) is 3.59. The summed E-state index contributed by atoms with van der Waals surface area (Å²) in [6, 6.07) is 16.5. The van der Waals surface area contributed by atoms with Crippen molar-refractivity contribution < 1.29 is 9.53 Å². The standard InChI is InChI=1S/C21H24N2O2/c1-22-19-6-4-3-5-18(19)21(20(22)24)11-13-23(14-12-21)15-16-7-9-17(25-2)10-8-16/h3-10H,11-15H2,1-2H3. The number of para-hydroxylation sites is 1. The van der Waals surface area contributed by atoms with Crippen LogP contribution in [-0.4, -0.2) is 38.1 Å². The molecule has 0 atom stereocenters. The first-order chi connectivity index (χ1) is 12.1. The van der Waals surface area contributed by atoms with Crippen molar-refractivity contribution in [1.82, 2.24) is 4.90 Å². The van der Waals surface area contributed by atoms with Crippen LogP contribution in [0, 0.1) is 0 Å². The number of likely N-dealkylation sites (tertiary alicyclic amines) is 1. The molecule has 0 saturated carbocycles. The van der Waals surface area contributed by atoms with Crippen LogP contribution in [0.2, 0.25) is 0 Å². The molecule has 1 amide bonds. The Kier molecular flexibility index (Phi) is 4.00. The second-order valence-electron chi connectivity index (χ2n) is 7.09. The molecular formula is C21H24N2O2. The van der Waals surface area contributed by atoms with E-state index >= 15 is 0 Å². The maximum atomic E-state index is 13.0. The van der Waals surface area contributed by atoms with E-state index in [1.807, 2.05) is 30.1 Å². The van der Waals surface area contributed by atoms with Crippen LogP contribution in [0.4, 0.5) is 5.69 Å². The van der Waals surface area contributed by atoms with E-state index in [-0.39, 0.29) is 11.3 Å². The normalized spacial score (nSPS) is 19.3. The minimum Gasteiger partial charge on any atom is -0.497 e. The van der Waals surface area contributed by atoms with Crippen LogP contribution in [0.5, 0.6) is 5.75 Å². The SMILES string of the molecule is COc1ccc(CN2CCC3(CC2)C(=O)N(C)c2ccccc23)cc1. The van der Waals surface area contributed by atoms with Gasteiger partial charge in [0.1, 0.15) is 5.75 Å². The highest BCUT2D eigenvalue weighted by atomic mass is 16.5. The van der Waals surface area contributed by atoms with Gasteiger partial charge in [-0.05, 0) is 55.3 Å². The first kappa shape index (κ1) is 16.2. The summed E-state index contributed by atoms with van der Waals surface area (Å²) < 4.78 is 5.22. The fourth-order valence-electron chi connectivity index (χ4n) is 4.28. The number of anilines is 1. The molecule has 4 rings (SSSR count). The average molecular weight is 336 g/mol. The highest BCUT2D eigenvalue weighted by Crippen LogP contribution is 2.47. The number of hydrogen-bond donors (Lipinski definition) is 0. The van der Waals surface area contributed by atoms with Crippen molar-refractivity contribution in [2.75, 3.05) is 32.1 Å². The number of benzene rings is 2. The summed E-state index contributed by atoms with van der Waals surface area (Å²) in [5, 5.41) is 0. The quantitative estimate of drug-likeness (QED) is 0.863. The van der Waals surface area contributed by atoms with Crippen molar-refractivity contribution >= 4 is 11.6 Å². The summed E-state index contributed by atoms with van der Waals surface area (Å²) in [6.45, 7) is 2.81. The predicted molar refractivity (Wildman–Crippen MR) is 99.0 cm³/mol. The van der Waals surface area contributed by atoms with Crippen LogP contribution in [-0.2, 0) is 16.8 Å². The maximum absolute atomic E-state index is 13.0. The maximum Gasteiger partial charge on any atom is 0.237 e. The minimum atomic E-state index is -0.318. The van der Waals surface area contributed by atoms with E-state index in [1.165, 1.54) is 11.1 Å². The van der Waals surface area contributed by atoms with Crippen LogP contribution >= 0.6 is 0 Å². The molecule has 1 spiro atoms. The van der Waals surface area contributed by atoms with Gasteiger partial charge in [-0.25, -0.2) is 0 Å². The molecule has 2 heterocycles. The molecule has 25 heavy (non-hydrogen) atoms. The third-order valence-electron chi connectivity index (χ3n) is 5.77. The third kappa shape index (κ3) is 2.61. The lowest BCUT2D eigenvalue weighted by Crippen LogP contribution is -2.47. The van der Waals surface area contributed by atoms with Crippen LogP contribution < -0.4 is 9.64 Å². The number of ether oxygens (including phenoxy) is 1. The fraction of sp³-hybridized carbons (Fsp3) is 0.381. The topological polar surface area (TPSA) is 32.8 Å². The van der Waals surface area contributed by atoms with Gasteiger partial charge in [0.15, 0.2) is 0 Å². The zero-order valence-corrected chi connectivity index (χ0v) is 14.9. The van der Waals surface area contributed by atoms with Gasteiger partial charge in [-0.3, -0.25) is 9.69 Å². The number of amides is 1. The highest BCUT2D eigenvalue weighted by Gasteiger charge is 2.50. The minimum absolute atomic E-state index is 0.262. The summed E-state index contributed by atoms with van der Waals surface area (Å²) in [5.74, 6) is 1.15. The van der Waals surface area contributed by atoms with Gasteiger partial charge in [-0.1, -0.05) is 30.3 Å². The second kappa shape index (κ2) is 6.19. The summed E-state index contributed by atoms with van der Waals surface area (Å²) >= 11 is 0. The molecule has 0 aromatic heterocycles. The van der Waals surface area contributed by atoms with Crippen molar-refractivity contribution in [2.45, 2.75) is 24.8 Å². The molecule has 4 nitrogen and oxygen atoms in total. The van der Waals surface area contributed by atoms with Gasteiger partial charge in [0.25, 0.3) is 0 Å². The molecule has 2 aliphatic heterocycles. The Labute approximate surface area is 149 Å². The lowest BCUT2D eigenvalue weighted by atomic mass is 9.73. The smallest absolute Gasteiger partial charge is 0.237 e. The lowest BCUT2D eigenvalue weighted by Gasteiger charge is -2.38. The number of likely N-dealkylation sites (N-methyl/N-ethyl adjacent to an activating group) is 1. The molecule has 4 heteroatoms. The zero-order chi connectivity index (χ0) is 17.4. The van der Waals surface area contributed by atoms with E-state index in [9.17, 15) is 4.79 Å². The second-order valence-corrected chi connectivity index (χ2v) is 7.09. The molecule has 2 aliphatic rings. The van der Waals surface area contributed by atoms with Crippen molar-refractivity contribution in [3.63, 3.8) is 0 Å². The van der Waals surface area contributed by atoms with Gasteiger partial charge in [-0.15, -0.1) is 0 Å². The van der Waals surface area contributed by atoms with E-state index in [1.54, 1.807) is 7.11 Å². The monoisotopic (exact) mass is 336 g/mol. The number of rotatable bonds is 3. The molecule has 2 aromatic rings. The Hall–Kier alpha value is -2.33. The molecule has 0 N–H and O–H groups in total. The Balaban J connectivity index is 1.48. The number of methoxy groups -OCH3 is 1. The van der Waals surface area contributed by atoms with Crippen LogP contribution in [0.3, 0.4) is 0 Å². The van der Waals surface area contributed by atoms with Crippen LogP contribution in [0.15, 0.2) is 48.5 Å². The van der Waals surface area contributed by atoms with E-state index in [4.69, 9.17) is 4.74 Å². The van der Waals surface area contributed by atoms with Crippen LogP contribution in [0.1, 0.15) is 24.0 Å². The van der Waals surface area contributed by atoms with Gasteiger partial charge in [0.2, 0.25) is 5.91 Å². The van der Waals surface area contributed by atoms with Crippen molar-refractivity contribution in [2.24, 2.45) is 0 Å². The number of carbonyl (C=O) groups excluding carboxylic acids is 1. The molecule has 130 valence electrons. The van der Waals surface area contributed by atoms with Gasteiger partial charge >= 0.3 is 0 Å². The fourth-order valence-corrected chi connectivity index (χ4v) is 4.28. The predicted octanol–water partition coefficient (Wildman–Crippen LogP) is 3.21. The third-order valence-corrected chi connectivity index (χ3v) is 5.77. The molecule has 0 aliphatic carbocycles. The van der Waals surface area contributed by atoms with E-state index in [2.05, 4.69) is 35.2 Å². The van der Waals surface area contributed by atoms with E-state index < -0.39 is 0 Å². The van der Waals surface area contributed by atoms with Crippen molar-refractivity contribution in [3.05, 3.63) is 59.7 Å². The lowest BCUT2D eigenvalue weighted by molar-refractivity contribution is -0.124. The molecule has 0 radical (unpaired) electrons. The molecule has 1 fully saturated rings. The Morgan fingerprint density at radius 3 is 2.40 bits per heavy atom. The van der Waals surface area contributed by atoms with Gasteiger partial charge in [0.05, 0.1) is 12.5 Å². The number of hydrogen-bond acceptors (Lipinski definition) is 3. The first-order valence-electron chi connectivity index (χ1n) is 8.87. The number of carbonyl (C=O) groups is 1. The van der Waals surface area contributed by atoms with E-state index in [0.717, 1.165) is 43.9 Å². The summed E-state index contributed by atoms with van der Waals surface area (Å²) in [5.41, 5.74) is 3.26. The molecule has 1 saturated heterocycles. The first-order valence-corrected chi connectivity index (χ1v) is 8.87. The molecule has 0 unspecified atom stereocenters. The largest absolute Gasteiger partial charge is 0.497 e. The number of fused-ring (bicyclic) bond motifs is 2. The molecular weight excluding hydrogens is 312 g/mol. The van der Waals surface area contributed by atoms with Gasteiger partial charge in [-0.2, -0.15) is 0 Å². The van der Waals surface area contributed by atoms with Crippen LogP contribution in [0.25, 0.3) is 0 Å². The van der Waals surface area contributed by atoms with E-state index in [0.29, 0.717) is 0 Å². The van der Waals surface area contributed by atoms with Gasteiger partial charge < -0.3 is 9.64 Å². The Bertz CT molecular complexity index is 777. The zero-order valence-electron chi connectivity index (χ0n) is 14.9. The van der Waals surface area contributed by atoms with Gasteiger partial charge in [0, 0.05) is 19.3 Å². The average Bonchev–Trinajstić information content (AvgIpc) is 2.87.